The predicted molar refractivity (Wildman–Crippen MR) is 60.5 cm³/mol. The van der Waals surface area contributed by atoms with Crippen molar-refractivity contribution in [3.05, 3.63) is 53.9 Å². The van der Waals surface area contributed by atoms with Crippen LogP contribution in [0.5, 0.6) is 0 Å². The van der Waals surface area contributed by atoms with Gasteiger partial charge in [-0.05, 0) is 30.2 Å². The largest absolute Gasteiger partial charge is 0.330 e. The molecular formula is C12H15N3. The highest BCUT2D eigenvalue weighted by molar-refractivity contribution is 5.27. The molecule has 0 atom stereocenters. The van der Waals surface area contributed by atoms with Crippen molar-refractivity contribution in [2.24, 2.45) is 5.73 Å². The standard InChI is InChI=1S/C12H15N3/c13-7-6-11-4-1-2-5-12(11)10-15-9-3-8-14-15/h1-5,8-9H,6-7,10,13H2. The fourth-order valence-corrected chi connectivity index (χ4v) is 1.68. The van der Waals surface area contributed by atoms with Gasteiger partial charge in [0.25, 0.3) is 0 Å². The highest BCUT2D eigenvalue weighted by Gasteiger charge is 2.01. The van der Waals surface area contributed by atoms with Crippen molar-refractivity contribution in [2.45, 2.75) is 13.0 Å². The first-order valence-electron chi connectivity index (χ1n) is 5.14. The molecule has 2 aromatic rings. The molecule has 0 saturated carbocycles. The van der Waals surface area contributed by atoms with Crippen LogP contribution in [-0.4, -0.2) is 16.3 Å². The zero-order valence-electron chi connectivity index (χ0n) is 8.63. The van der Waals surface area contributed by atoms with Gasteiger partial charge in [-0.25, -0.2) is 0 Å². The molecule has 3 nitrogen and oxygen atoms in total. The minimum atomic E-state index is 0.691. The second kappa shape index (κ2) is 4.75. The molecule has 78 valence electrons. The first-order chi connectivity index (χ1) is 7.40. The molecule has 1 aromatic carbocycles. The van der Waals surface area contributed by atoms with Gasteiger partial charge in [-0.15, -0.1) is 0 Å². The van der Waals surface area contributed by atoms with E-state index in [9.17, 15) is 0 Å². The van der Waals surface area contributed by atoms with Gasteiger partial charge in [-0.1, -0.05) is 24.3 Å². The Labute approximate surface area is 89.5 Å². The summed E-state index contributed by atoms with van der Waals surface area (Å²) < 4.78 is 1.93. The quantitative estimate of drug-likeness (QED) is 0.813. The molecule has 2 N–H and O–H groups in total. The van der Waals surface area contributed by atoms with Crippen LogP contribution in [0.3, 0.4) is 0 Å². The molecule has 0 fully saturated rings. The van der Waals surface area contributed by atoms with Gasteiger partial charge in [-0.3, -0.25) is 4.68 Å². The van der Waals surface area contributed by atoms with Crippen molar-refractivity contribution >= 4 is 0 Å². The topological polar surface area (TPSA) is 43.8 Å². The number of nitrogens with two attached hydrogens (primary N) is 1. The van der Waals surface area contributed by atoms with Gasteiger partial charge >= 0.3 is 0 Å². The number of nitrogens with zero attached hydrogens (tertiary/aromatic N) is 2. The van der Waals surface area contributed by atoms with Crippen LogP contribution in [0.2, 0.25) is 0 Å². The van der Waals surface area contributed by atoms with Gasteiger partial charge in [0.2, 0.25) is 0 Å². The van der Waals surface area contributed by atoms with Crippen LogP contribution in [0.1, 0.15) is 11.1 Å². The van der Waals surface area contributed by atoms with Crippen LogP contribution in [-0.2, 0) is 13.0 Å². The van der Waals surface area contributed by atoms with Crippen molar-refractivity contribution in [2.75, 3.05) is 6.54 Å². The first kappa shape index (κ1) is 9.93. The number of rotatable bonds is 4. The van der Waals surface area contributed by atoms with Crippen molar-refractivity contribution in [1.29, 1.82) is 0 Å². The Bertz CT molecular complexity index is 407. The van der Waals surface area contributed by atoms with E-state index >= 15 is 0 Å². The molecular weight excluding hydrogens is 186 g/mol. The highest BCUT2D eigenvalue weighted by atomic mass is 15.3. The summed E-state index contributed by atoms with van der Waals surface area (Å²) in [6.45, 7) is 1.51. The summed E-state index contributed by atoms with van der Waals surface area (Å²) in [6.07, 6.45) is 4.70. The molecule has 0 aliphatic carbocycles. The SMILES string of the molecule is NCCc1ccccc1Cn1cccn1. The molecule has 0 bridgehead atoms. The van der Waals surface area contributed by atoms with E-state index in [1.165, 1.54) is 11.1 Å². The van der Waals surface area contributed by atoms with Gasteiger partial charge in [0, 0.05) is 12.4 Å². The van der Waals surface area contributed by atoms with E-state index < -0.39 is 0 Å². The third-order valence-electron chi connectivity index (χ3n) is 2.42. The number of aromatic nitrogens is 2. The van der Waals surface area contributed by atoms with Gasteiger partial charge in [-0.2, -0.15) is 5.10 Å². The molecule has 3 heteroatoms. The molecule has 0 unspecified atom stereocenters. The first-order valence-corrected chi connectivity index (χ1v) is 5.14. The fraction of sp³-hybridized carbons (Fsp3) is 0.250. The second-order valence-electron chi connectivity index (χ2n) is 3.51. The Kier molecular flexibility index (Phi) is 3.15. The molecule has 0 saturated heterocycles. The Morgan fingerprint density at radius 3 is 2.60 bits per heavy atom. The van der Waals surface area contributed by atoms with Crippen LogP contribution in [0, 0.1) is 0 Å². The van der Waals surface area contributed by atoms with E-state index in [-0.39, 0.29) is 0 Å². The lowest BCUT2D eigenvalue weighted by Crippen LogP contribution is -2.08. The Morgan fingerprint density at radius 1 is 1.13 bits per heavy atom. The molecule has 0 aliphatic rings. The number of benzene rings is 1. The van der Waals surface area contributed by atoms with E-state index in [0.29, 0.717) is 6.54 Å². The Hall–Kier alpha value is -1.61. The summed E-state index contributed by atoms with van der Waals surface area (Å²) in [5, 5.41) is 4.20. The van der Waals surface area contributed by atoms with Gasteiger partial charge < -0.3 is 5.73 Å². The van der Waals surface area contributed by atoms with Crippen molar-refractivity contribution in [3.63, 3.8) is 0 Å². The summed E-state index contributed by atoms with van der Waals surface area (Å²) in [4.78, 5) is 0. The summed E-state index contributed by atoms with van der Waals surface area (Å²) in [7, 11) is 0. The van der Waals surface area contributed by atoms with Crippen LogP contribution < -0.4 is 5.73 Å². The third-order valence-corrected chi connectivity index (χ3v) is 2.42. The summed E-state index contributed by atoms with van der Waals surface area (Å²) in [5.74, 6) is 0. The highest BCUT2D eigenvalue weighted by Crippen LogP contribution is 2.10. The monoisotopic (exact) mass is 201 g/mol. The minimum absolute atomic E-state index is 0.691. The molecule has 0 aliphatic heterocycles. The molecule has 1 aromatic heterocycles. The maximum atomic E-state index is 5.58. The lowest BCUT2D eigenvalue weighted by atomic mass is 10.0. The van der Waals surface area contributed by atoms with Gasteiger partial charge in [0.05, 0.1) is 6.54 Å². The van der Waals surface area contributed by atoms with Crippen LogP contribution in [0.4, 0.5) is 0 Å². The maximum absolute atomic E-state index is 5.58. The summed E-state index contributed by atoms with van der Waals surface area (Å²) >= 11 is 0. The third kappa shape index (κ3) is 2.44. The normalized spacial score (nSPS) is 10.5. The fourth-order valence-electron chi connectivity index (χ4n) is 1.68. The number of hydrogen-bond donors (Lipinski definition) is 1. The molecule has 0 radical (unpaired) electrons. The summed E-state index contributed by atoms with van der Waals surface area (Å²) in [6, 6.07) is 10.3. The Balaban J connectivity index is 2.20. The lowest BCUT2D eigenvalue weighted by molar-refractivity contribution is 0.680. The predicted octanol–water partition coefficient (Wildman–Crippen LogP) is 1.43. The Morgan fingerprint density at radius 2 is 1.93 bits per heavy atom. The molecule has 15 heavy (non-hydrogen) atoms. The van der Waals surface area contributed by atoms with E-state index in [1.54, 1.807) is 6.20 Å². The summed E-state index contributed by atoms with van der Waals surface area (Å²) in [5.41, 5.74) is 8.19. The smallest absolute Gasteiger partial charge is 0.0662 e. The van der Waals surface area contributed by atoms with Crippen molar-refractivity contribution < 1.29 is 0 Å². The molecule has 2 rings (SSSR count). The van der Waals surface area contributed by atoms with E-state index in [2.05, 4.69) is 29.4 Å². The lowest BCUT2D eigenvalue weighted by Gasteiger charge is -2.08. The van der Waals surface area contributed by atoms with Crippen molar-refractivity contribution in [1.82, 2.24) is 9.78 Å². The minimum Gasteiger partial charge on any atom is -0.330 e. The van der Waals surface area contributed by atoms with Crippen LogP contribution in [0.15, 0.2) is 42.7 Å². The zero-order chi connectivity index (χ0) is 10.5. The molecule has 0 amide bonds. The van der Waals surface area contributed by atoms with E-state index in [4.69, 9.17) is 5.73 Å². The van der Waals surface area contributed by atoms with Gasteiger partial charge in [0.15, 0.2) is 0 Å². The van der Waals surface area contributed by atoms with E-state index in [1.807, 2.05) is 16.9 Å². The van der Waals surface area contributed by atoms with E-state index in [0.717, 1.165) is 13.0 Å². The zero-order valence-corrected chi connectivity index (χ0v) is 8.63. The average molecular weight is 201 g/mol. The van der Waals surface area contributed by atoms with Crippen molar-refractivity contribution in [3.8, 4) is 0 Å². The average Bonchev–Trinajstić information content (AvgIpc) is 2.74. The number of hydrogen-bond acceptors (Lipinski definition) is 2. The van der Waals surface area contributed by atoms with Crippen LogP contribution in [0.25, 0.3) is 0 Å². The van der Waals surface area contributed by atoms with Gasteiger partial charge in [0.1, 0.15) is 0 Å². The molecule has 0 spiro atoms. The second-order valence-corrected chi connectivity index (χ2v) is 3.51. The van der Waals surface area contributed by atoms with Crippen LogP contribution >= 0.6 is 0 Å². The molecule has 1 heterocycles. The maximum Gasteiger partial charge on any atom is 0.0662 e.